The van der Waals surface area contributed by atoms with E-state index >= 15 is 0 Å². The molecule has 0 bridgehead atoms. The third-order valence-electron chi connectivity index (χ3n) is 4.89. The summed E-state index contributed by atoms with van der Waals surface area (Å²) < 4.78 is 12.7. The molecule has 3 rings (SSSR count). The van der Waals surface area contributed by atoms with Crippen LogP contribution in [0.4, 0.5) is 0 Å². The van der Waals surface area contributed by atoms with Gasteiger partial charge in [0, 0.05) is 44.0 Å². The number of aromatic nitrogens is 2. The summed E-state index contributed by atoms with van der Waals surface area (Å²) in [6.45, 7) is 3.49. The van der Waals surface area contributed by atoms with Crippen molar-refractivity contribution in [1.29, 1.82) is 0 Å². The van der Waals surface area contributed by atoms with Crippen molar-refractivity contribution >= 4 is 5.91 Å². The van der Waals surface area contributed by atoms with Crippen LogP contribution in [-0.4, -0.2) is 66.1 Å². The van der Waals surface area contributed by atoms with Crippen molar-refractivity contribution in [3.05, 3.63) is 36.1 Å². The molecule has 1 saturated heterocycles. The minimum atomic E-state index is -0.0684. The number of piperidine rings is 1. The van der Waals surface area contributed by atoms with Crippen LogP contribution >= 0.6 is 0 Å². The van der Waals surface area contributed by atoms with Crippen LogP contribution in [0.5, 0.6) is 5.95 Å². The van der Waals surface area contributed by atoms with Gasteiger partial charge in [-0.15, -0.1) is 0 Å². The Hall–Kier alpha value is -2.28. The predicted octanol–water partition coefficient (Wildman–Crippen LogP) is 2.46. The number of carbonyl (C=O) groups is 1. The highest BCUT2D eigenvalue weighted by Crippen LogP contribution is 2.28. The minimum Gasteiger partial charge on any atom is -0.468 e. The van der Waals surface area contributed by atoms with Gasteiger partial charge in [-0.1, -0.05) is 0 Å². The average molecular weight is 360 g/mol. The molecule has 0 N–H and O–H groups in total. The fourth-order valence-electron chi connectivity index (χ4n) is 3.47. The first-order chi connectivity index (χ1) is 12.6. The first kappa shape index (κ1) is 18.5. The van der Waals surface area contributed by atoms with Crippen LogP contribution in [0.1, 0.15) is 41.6 Å². The second-order valence-electron chi connectivity index (χ2n) is 7.02. The van der Waals surface area contributed by atoms with Crippen molar-refractivity contribution in [2.24, 2.45) is 0 Å². The molecule has 1 amide bonds. The molecule has 2 aromatic heterocycles. The Bertz CT molecular complexity index is 714. The Morgan fingerprint density at radius 2 is 2.12 bits per heavy atom. The number of carbonyl (C=O) groups excluding carboxylic acids is 1. The summed E-state index contributed by atoms with van der Waals surface area (Å²) in [5, 5.41) is 0. The van der Waals surface area contributed by atoms with E-state index in [0.29, 0.717) is 17.6 Å². The van der Waals surface area contributed by atoms with Gasteiger partial charge < -0.3 is 23.5 Å². The van der Waals surface area contributed by atoms with Crippen LogP contribution in [-0.2, 0) is 6.54 Å². The first-order valence-corrected chi connectivity index (χ1v) is 9.17. The van der Waals surface area contributed by atoms with Crippen molar-refractivity contribution in [3.8, 4) is 5.95 Å². The summed E-state index contributed by atoms with van der Waals surface area (Å²) in [5.74, 6) is 2.18. The number of hydrogen-bond donors (Lipinski definition) is 0. The quantitative estimate of drug-likeness (QED) is 0.759. The summed E-state index contributed by atoms with van der Waals surface area (Å²) in [5.41, 5.74) is 0. The number of ether oxygens (including phenoxy) is 1. The van der Waals surface area contributed by atoms with Gasteiger partial charge in [0.05, 0.1) is 7.11 Å². The Balaban J connectivity index is 1.55. The van der Waals surface area contributed by atoms with Gasteiger partial charge in [0.15, 0.2) is 5.76 Å². The second-order valence-corrected chi connectivity index (χ2v) is 7.02. The normalized spacial score (nSPS) is 15.6. The van der Waals surface area contributed by atoms with Crippen LogP contribution in [0.2, 0.25) is 0 Å². The molecule has 2 aromatic rings. The third kappa shape index (κ3) is 4.27. The lowest BCUT2D eigenvalue weighted by molar-refractivity contribution is 0.0672. The number of likely N-dealkylation sites (tertiary alicyclic amines) is 1. The molecule has 142 valence electrons. The average Bonchev–Trinajstić information content (AvgIpc) is 3.30. The summed E-state index contributed by atoms with van der Waals surface area (Å²) in [7, 11) is 5.71. The van der Waals surface area contributed by atoms with Crippen molar-refractivity contribution in [1.82, 2.24) is 19.4 Å². The Kier molecular flexibility index (Phi) is 5.98. The van der Waals surface area contributed by atoms with E-state index < -0.39 is 0 Å². The molecule has 0 aliphatic carbocycles. The topological polar surface area (TPSA) is 63.7 Å². The molecule has 0 spiro atoms. The zero-order valence-electron chi connectivity index (χ0n) is 15.9. The fraction of sp³-hybridized carbons (Fsp3) is 0.579. The monoisotopic (exact) mass is 360 g/mol. The number of amides is 1. The summed E-state index contributed by atoms with van der Waals surface area (Å²) in [4.78, 5) is 21.2. The number of aryl methyl sites for hydroxylation is 1. The lowest BCUT2D eigenvalue weighted by Gasteiger charge is -2.31. The Morgan fingerprint density at radius 1 is 1.35 bits per heavy atom. The molecular formula is C19H28N4O3. The van der Waals surface area contributed by atoms with Gasteiger partial charge in [-0.2, -0.15) is 0 Å². The van der Waals surface area contributed by atoms with Crippen molar-refractivity contribution in [3.63, 3.8) is 0 Å². The standard InChI is InChI=1S/C19H28N4O3/c1-21(2)10-4-11-22-14-9-20-18(22)15-7-12-23(13-8-15)19(24)16-5-6-17(25-3)26-16/h5-6,9,14-15H,4,7-8,10-13H2,1-3H3. The zero-order valence-corrected chi connectivity index (χ0v) is 15.9. The van der Waals surface area contributed by atoms with E-state index in [1.807, 2.05) is 11.1 Å². The lowest BCUT2D eigenvalue weighted by atomic mass is 9.95. The van der Waals surface area contributed by atoms with Crippen molar-refractivity contribution < 1.29 is 13.9 Å². The molecular weight excluding hydrogens is 332 g/mol. The number of hydrogen-bond acceptors (Lipinski definition) is 5. The van der Waals surface area contributed by atoms with Gasteiger partial charge in [0.25, 0.3) is 11.9 Å². The fourth-order valence-corrected chi connectivity index (χ4v) is 3.47. The van der Waals surface area contributed by atoms with Gasteiger partial charge >= 0.3 is 0 Å². The molecule has 7 nitrogen and oxygen atoms in total. The number of furan rings is 1. The number of methoxy groups -OCH3 is 1. The summed E-state index contributed by atoms with van der Waals surface area (Å²) in [6, 6.07) is 3.34. The maximum absolute atomic E-state index is 12.5. The van der Waals surface area contributed by atoms with E-state index in [1.54, 1.807) is 12.1 Å². The van der Waals surface area contributed by atoms with Gasteiger partial charge in [0.1, 0.15) is 5.82 Å². The maximum Gasteiger partial charge on any atom is 0.289 e. The molecule has 1 aliphatic heterocycles. The molecule has 7 heteroatoms. The number of rotatable bonds is 7. The van der Waals surface area contributed by atoms with Gasteiger partial charge in [-0.3, -0.25) is 4.79 Å². The highest BCUT2D eigenvalue weighted by atomic mass is 16.6. The molecule has 26 heavy (non-hydrogen) atoms. The summed E-state index contributed by atoms with van der Waals surface area (Å²) >= 11 is 0. The van der Waals surface area contributed by atoms with E-state index in [0.717, 1.165) is 51.3 Å². The van der Waals surface area contributed by atoms with Crippen molar-refractivity contribution in [2.75, 3.05) is 40.8 Å². The van der Waals surface area contributed by atoms with Crippen LogP contribution in [0.15, 0.2) is 28.9 Å². The smallest absolute Gasteiger partial charge is 0.289 e. The highest BCUT2D eigenvalue weighted by molar-refractivity contribution is 5.91. The molecule has 1 fully saturated rings. The van der Waals surface area contributed by atoms with E-state index in [1.165, 1.54) is 7.11 Å². The van der Waals surface area contributed by atoms with Crippen molar-refractivity contribution in [2.45, 2.75) is 31.7 Å². The van der Waals surface area contributed by atoms with Crippen LogP contribution in [0.3, 0.4) is 0 Å². The molecule has 3 heterocycles. The third-order valence-corrected chi connectivity index (χ3v) is 4.89. The molecule has 0 aromatic carbocycles. The van der Waals surface area contributed by atoms with E-state index in [4.69, 9.17) is 9.15 Å². The van der Waals surface area contributed by atoms with E-state index in [9.17, 15) is 4.79 Å². The predicted molar refractivity (Wildman–Crippen MR) is 98.5 cm³/mol. The van der Waals surface area contributed by atoms with E-state index in [2.05, 4.69) is 34.7 Å². The number of nitrogens with zero attached hydrogens (tertiary/aromatic N) is 4. The first-order valence-electron chi connectivity index (χ1n) is 9.17. The maximum atomic E-state index is 12.5. The molecule has 0 unspecified atom stereocenters. The lowest BCUT2D eigenvalue weighted by Crippen LogP contribution is -2.38. The van der Waals surface area contributed by atoms with Gasteiger partial charge in [-0.05, 0) is 46.0 Å². The minimum absolute atomic E-state index is 0.0684. The Labute approximate surface area is 154 Å². The van der Waals surface area contributed by atoms with Crippen LogP contribution in [0.25, 0.3) is 0 Å². The molecule has 0 saturated carbocycles. The van der Waals surface area contributed by atoms with Gasteiger partial charge in [-0.25, -0.2) is 4.98 Å². The summed E-state index contributed by atoms with van der Waals surface area (Å²) in [6.07, 6.45) is 6.91. The number of imidazole rings is 1. The Morgan fingerprint density at radius 3 is 2.77 bits per heavy atom. The van der Waals surface area contributed by atoms with Gasteiger partial charge in [0.2, 0.25) is 0 Å². The molecule has 0 atom stereocenters. The SMILES string of the molecule is COc1ccc(C(=O)N2CCC(c3nccn3CCCN(C)C)CC2)o1. The zero-order chi connectivity index (χ0) is 18.5. The second kappa shape index (κ2) is 8.40. The largest absolute Gasteiger partial charge is 0.468 e. The molecule has 1 aliphatic rings. The highest BCUT2D eigenvalue weighted by Gasteiger charge is 2.28. The van der Waals surface area contributed by atoms with Crippen LogP contribution < -0.4 is 4.74 Å². The van der Waals surface area contributed by atoms with E-state index in [-0.39, 0.29) is 5.91 Å². The van der Waals surface area contributed by atoms with Crippen LogP contribution in [0, 0.1) is 0 Å². The molecule has 0 radical (unpaired) electrons.